The molecule has 0 saturated carbocycles. The van der Waals surface area contributed by atoms with Gasteiger partial charge in [0.15, 0.2) is 5.16 Å². The number of aromatic nitrogens is 2. The highest BCUT2D eigenvalue weighted by molar-refractivity contribution is 7.98. The van der Waals surface area contributed by atoms with E-state index in [9.17, 15) is 27.6 Å². The summed E-state index contributed by atoms with van der Waals surface area (Å²) in [6.45, 7) is 0. The van der Waals surface area contributed by atoms with E-state index in [2.05, 4.69) is 20.6 Å². The minimum absolute atomic E-state index is 0.0245. The summed E-state index contributed by atoms with van der Waals surface area (Å²) in [5, 5.41) is 5.04. The lowest BCUT2D eigenvalue weighted by Crippen LogP contribution is -2.36. The van der Waals surface area contributed by atoms with Crippen LogP contribution in [0.5, 0.6) is 0 Å². The highest BCUT2D eigenvalue weighted by atomic mass is 32.2. The van der Waals surface area contributed by atoms with Gasteiger partial charge in [-0.15, -0.1) is 0 Å². The average molecular weight is 398 g/mol. The second-order valence-electron chi connectivity index (χ2n) is 5.71. The standard InChI is InChI=1S/C16H13F3N4O3S/c1-27-15-22-12-11(14(26)23-15)9(6-10(24)21-12)13(25)20-8-4-2-3-7(5-8)16(17,18)19/h2-5,9H,6H2,1H3,(H,20,25)(H2,21,22,23,24,26)/t9-/m1/s1. The Hall–Kier alpha value is -2.82. The maximum atomic E-state index is 12.8. The number of thioether (sulfide) groups is 1. The van der Waals surface area contributed by atoms with Gasteiger partial charge >= 0.3 is 6.18 Å². The van der Waals surface area contributed by atoms with E-state index in [1.165, 1.54) is 6.07 Å². The summed E-state index contributed by atoms with van der Waals surface area (Å²) < 4.78 is 38.4. The lowest BCUT2D eigenvalue weighted by Gasteiger charge is -2.23. The number of fused-ring (bicyclic) bond motifs is 1. The quantitative estimate of drug-likeness (QED) is 0.545. The van der Waals surface area contributed by atoms with Gasteiger partial charge in [0.2, 0.25) is 11.8 Å². The van der Waals surface area contributed by atoms with Crippen LogP contribution in [-0.4, -0.2) is 28.0 Å². The van der Waals surface area contributed by atoms with Crippen LogP contribution >= 0.6 is 11.8 Å². The molecule has 3 rings (SSSR count). The fourth-order valence-corrected chi connectivity index (χ4v) is 3.05. The van der Waals surface area contributed by atoms with Gasteiger partial charge in [0.05, 0.1) is 17.0 Å². The Labute approximate surface area is 154 Å². The first kappa shape index (κ1) is 19.0. The maximum absolute atomic E-state index is 12.8. The van der Waals surface area contributed by atoms with Crippen LogP contribution in [0.1, 0.15) is 23.5 Å². The molecule has 0 fully saturated rings. The Morgan fingerprint density at radius 1 is 1.33 bits per heavy atom. The fraction of sp³-hybridized carbons (Fsp3) is 0.250. The van der Waals surface area contributed by atoms with E-state index in [0.717, 1.165) is 30.0 Å². The Balaban J connectivity index is 1.93. The fourth-order valence-electron chi connectivity index (χ4n) is 2.67. The van der Waals surface area contributed by atoms with E-state index in [1.54, 1.807) is 6.26 Å². The molecule has 0 saturated heterocycles. The van der Waals surface area contributed by atoms with Crippen LogP contribution in [0.4, 0.5) is 24.7 Å². The molecular weight excluding hydrogens is 385 g/mol. The van der Waals surface area contributed by atoms with Gasteiger partial charge in [-0.25, -0.2) is 4.98 Å². The minimum Gasteiger partial charge on any atom is -0.326 e. The number of rotatable bonds is 3. The van der Waals surface area contributed by atoms with Gasteiger partial charge in [0.1, 0.15) is 5.82 Å². The third kappa shape index (κ3) is 3.97. The number of aromatic amines is 1. The largest absolute Gasteiger partial charge is 0.416 e. The Bertz CT molecular complexity index is 974. The number of carbonyl (C=O) groups excluding carboxylic acids is 2. The van der Waals surface area contributed by atoms with E-state index in [-0.39, 0.29) is 28.6 Å². The van der Waals surface area contributed by atoms with Crippen LogP contribution in [0.15, 0.2) is 34.2 Å². The van der Waals surface area contributed by atoms with Gasteiger partial charge < -0.3 is 15.6 Å². The number of H-pyrrole nitrogens is 1. The number of amides is 2. The number of hydrogen-bond acceptors (Lipinski definition) is 5. The van der Waals surface area contributed by atoms with Gasteiger partial charge in [-0.1, -0.05) is 17.8 Å². The van der Waals surface area contributed by atoms with Crippen molar-refractivity contribution in [2.45, 2.75) is 23.7 Å². The van der Waals surface area contributed by atoms with Crippen molar-refractivity contribution >= 4 is 35.1 Å². The molecule has 0 unspecified atom stereocenters. The van der Waals surface area contributed by atoms with Crippen molar-refractivity contribution in [3.8, 4) is 0 Å². The van der Waals surface area contributed by atoms with Crippen LogP contribution in [-0.2, 0) is 15.8 Å². The topological polar surface area (TPSA) is 104 Å². The van der Waals surface area contributed by atoms with Crippen molar-refractivity contribution < 1.29 is 22.8 Å². The molecule has 2 aromatic rings. The summed E-state index contributed by atoms with van der Waals surface area (Å²) >= 11 is 1.15. The Morgan fingerprint density at radius 2 is 2.07 bits per heavy atom. The summed E-state index contributed by atoms with van der Waals surface area (Å²) in [7, 11) is 0. The van der Waals surface area contributed by atoms with Gasteiger partial charge in [-0.3, -0.25) is 14.4 Å². The molecule has 3 N–H and O–H groups in total. The smallest absolute Gasteiger partial charge is 0.326 e. The lowest BCUT2D eigenvalue weighted by molar-refractivity contribution is -0.137. The first-order chi connectivity index (χ1) is 12.7. The molecule has 0 spiro atoms. The normalized spacial score (nSPS) is 16.4. The molecule has 27 heavy (non-hydrogen) atoms. The molecule has 1 aromatic carbocycles. The molecule has 1 atom stereocenters. The van der Waals surface area contributed by atoms with Crippen molar-refractivity contribution in [3.05, 3.63) is 45.7 Å². The number of nitrogens with one attached hydrogen (secondary N) is 3. The summed E-state index contributed by atoms with van der Waals surface area (Å²) in [5.41, 5.74) is -1.64. The molecule has 1 aromatic heterocycles. The zero-order valence-corrected chi connectivity index (χ0v) is 14.6. The van der Waals surface area contributed by atoms with Crippen LogP contribution < -0.4 is 16.2 Å². The monoisotopic (exact) mass is 398 g/mol. The highest BCUT2D eigenvalue weighted by Crippen LogP contribution is 2.32. The minimum atomic E-state index is -4.56. The highest BCUT2D eigenvalue weighted by Gasteiger charge is 2.35. The number of alkyl halides is 3. The Morgan fingerprint density at radius 3 is 2.74 bits per heavy atom. The molecule has 2 amide bonds. The first-order valence-corrected chi connectivity index (χ1v) is 8.87. The third-order valence-electron chi connectivity index (χ3n) is 3.90. The van der Waals surface area contributed by atoms with Gasteiger partial charge in [-0.2, -0.15) is 13.2 Å². The molecule has 0 radical (unpaired) electrons. The predicted molar refractivity (Wildman–Crippen MR) is 92.7 cm³/mol. The average Bonchev–Trinajstić information content (AvgIpc) is 2.59. The molecule has 0 aliphatic carbocycles. The SMILES string of the molecule is CSc1nc2c(c(=O)[nH]1)[C@H](C(=O)Nc1cccc(C(F)(F)F)c1)CC(=O)N2. The molecule has 0 bridgehead atoms. The second kappa shape index (κ2) is 7.06. The number of nitrogens with zero attached hydrogens (tertiary/aromatic N) is 1. The molecular formula is C16H13F3N4O3S. The van der Waals surface area contributed by atoms with E-state index >= 15 is 0 Å². The van der Waals surface area contributed by atoms with Crippen molar-refractivity contribution in [2.75, 3.05) is 16.9 Å². The van der Waals surface area contributed by atoms with E-state index in [4.69, 9.17) is 0 Å². The first-order valence-electron chi connectivity index (χ1n) is 7.65. The van der Waals surface area contributed by atoms with Gasteiger partial charge in [0.25, 0.3) is 5.56 Å². The van der Waals surface area contributed by atoms with Crippen molar-refractivity contribution in [1.29, 1.82) is 0 Å². The number of anilines is 2. The van der Waals surface area contributed by atoms with Crippen LogP contribution in [0.2, 0.25) is 0 Å². The zero-order valence-electron chi connectivity index (χ0n) is 13.8. The lowest BCUT2D eigenvalue weighted by atomic mass is 9.92. The number of halogens is 3. The van der Waals surface area contributed by atoms with Crippen molar-refractivity contribution in [3.63, 3.8) is 0 Å². The Kier molecular flexibility index (Phi) is 4.96. The van der Waals surface area contributed by atoms with Gasteiger partial charge in [0, 0.05) is 12.1 Å². The summed E-state index contributed by atoms with van der Waals surface area (Å²) in [6.07, 6.45) is -3.21. The second-order valence-corrected chi connectivity index (χ2v) is 6.51. The number of hydrogen-bond donors (Lipinski definition) is 3. The third-order valence-corrected chi connectivity index (χ3v) is 4.48. The van der Waals surface area contributed by atoms with Crippen molar-refractivity contribution in [2.24, 2.45) is 0 Å². The molecule has 11 heteroatoms. The van der Waals surface area contributed by atoms with E-state index < -0.39 is 35.0 Å². The van der Waals surface area contributed by atoms with Crippen LogP contribution in [0.25, 0.3) is 0 Å². The van der Waals surface area contributed by atoms with E-state index in [0.29, 0.717) is 0 Å². The van der Waals surface area contributed by atoms with Crippen LogP contribution in [0, 0.1) is 0 Å². The predicted octanol–water partition coefficient (Wildman–Crippen LogP) is 2.58. The summed E-state index contributed by atoms with van der Waals surface area (Å²) in [6, 6.07) is 4.09. The number of benzene rings is 1. The zero-order chi connectivity index (χ0) is 19.8. The maximum Gasteiger partial charge on any atom is 0.416 e. The molecule has 7 nitrogen and oxygen atoms in total. The molecule has 1 aliphatic rings. The van der Waals surface area contributed by atoms with Crippen molar-refractivity contribution in [1.82, 2.24) is 9.97 Å². The molecule has 1 aliphatic heterocycles. The summed E-state index contributed by atoms with van der Waals surface area (Å²) in [5.74, 6) is -2.48. The van der Waals surface area contributed by atoms with Gasteiger partial charge in [-0.05, 0) is 24.5 Å². The number of carbonyl (C=O) groups is 2. The van der Waals surface area contributed by atoms with Crippen LogP contribution in [0.3, 0.4) is 0 Å². The molecule has 2 heterocycles. The van der Waals surface area contributed by atoms with E-state index in [1.807, 2.05) is 0 Å². The summed E-state index contributed by atoms with van der Waals surface area (Å²) in [4.78, 5) is 43.4. The molecule has 142 valence electrons.